The van der Waals surface area contributed by atoms with Crippen molar-refractivity contribution < 1.29 is 22.6 Å². The lowest BCUT2D eigenvalue weighted by Crippen LogP contribution is -2.20. The first-order valence-electron chi connectivity index (χ1n) is 4.16. The Hall–Kier alpha value is -1.70. The maximum absolute atomic E-state index is 12.0. The van der Waals surface area contributed by atoms with Gasteiger partial charge in [-0.05, 0) is 0 Å². The van der Waals surface area contributed by atoms with Crippen molar-refractivity contribution in [3.63, 3.8) is 0 Å². The molecule has 1 rings (SSSR count). The van der Waals surface area contributed by atoms with Crippen molar-refractivity contribution in [3.05, 3.63) is 11.8 Å². The summed E-state index contributed by atoms with van der Waals surface area (Å²) in [4.78, 5) is 3.42. The van der Waals surface area contributed by atoms with Crippen molar-refractivity contribution in [3.8, 4) is 11.6 Å². The second-order valence-electron chi connectivity index (χ2n) is 2.78. The third-order valence-electron chi connectivity index (χ3n) is 1.74. The second kappa shape index (κ2) is 4.44. The first kappa shape index (κ1) is 12.4. The largest absolute Gasteiger partial charge is 0.574 e. The van der Waals surface area contributed by atoms with Gasteiger partial charge in [0.15, 0.2) is 5.75 Å². The molecule has 1 aromatic heterocycles. The molecule has 90 valence electrons. The number of aromatic nitrogens is 1. The summed E-state index contributed by atoms with van der Waals surface area (Å²) >= 11 is 0. The molecule has 0 amide bonds. The molecular formula is C8H10F3N3O2. The zero-order valence-electron chi connectivity index (χ0n) is 8.34. The molecule has 0 atom stereocenters. The van der Waals surface area contributed by atoms with E-state index in [1.165, 1.54) is 7.11 Å². The van der Waals surface area contributed by atoms with E-state index in [1.807, 2.05) is 0 Å². The van der Waals surface area contributed by atoms with Gasteiger partial charge >= 0.3 is 6.36 Å². The molecule has 0 spiro atoms. The van der Waals surface area contributed by atoms with Gasteiger partial charge in [0.25, 0.3) is 0 Å². The SMILES string of the molecule is COc1c(N)cnc(OC(F)(F)F)c1CN. The van der Waals surface area contributed by atoms with E-state index < -0.39 is 12.2 Å². The topological polar surface area (TPSA) is 83.4 Å². The van der Waals surface area contributed by atoms with Crippen LogP contribution < -0.4 is 20.9 Å². The maximum atomic E-state index is 12.0. The Morgan fingerprint density at radius 2 is 2.06 bits per heavy atom. The summed E-state index contributed by atoms with van der Waals surface area (Å²) in [6, 6.07) is 0. The zero-order valence-corrected chi connectivity index (χ0v) is 8.34. The second-order valence-corrected chi connectivity index (χ2v) is 2.78. The molecule has 0 unspecified atom stereocenters. The summed E-state index contributed by atoms with van der Waals surface area (Å²) in [6.07, 6.45) is -3.82. The third-order valence-corrected chi connectivity index (χ3v) is 1.74. The highest BCUT2D eigenvalue weighted by atomic mass is 19.4. The van der Waals surface area contributed by atoms with Crippen molar-refractivity contribution >= 4 is 5.69 Å². The van der Waals surface area contributed by atoms with Crippen LogP contribution in [0.1, 0.15) is 5.56 Å². The number of anilines is 1. The molecule has 0 saturated carbocycles. The van der Waals surface area contributed by atoms with Gasteiger partial charge in [-0.3, -0.25) is 0 Å². The Bertz CT molecular complexity index is 382. The Morgan fingerprint density at radius 1 is 1.44 bits per heavy atom. The van der Waals surface area contributed by atoms with Gasteiger partial charge < -0.3 is 20.9 Å². The molecule has 4 N–H and O–H groups in total. The van der Waals surface area contributed by atoms with Crippen LogP contribution >= 0.6 is 0 Å². The summed E-state index contributed by atoms with van der Waals surface area (Å²) < 4.78 is 44.6. The van der Waals surface area contributed by atoms with Crippen molar-refractivity contribution in [1.82, 2.24) is 4.98 Å². The lowest BCUT2D eigenvalue weighted by atomic mass is 10.2. The van der Waals surface area contributed by atoms with Gasteiger partial charge in [0.2, 0.25) is 5.88 Å². The van der Waals surface area contributed by atoms with E-state index in [4.69, 9.17) is 16.2 Å². The number of methoxy groups -OCH3 is 1. The van der Waals surface area contributed by atoms with Crippen LogP contribution in [0.15, 0.2) is 6.20 Å². The van der Waals surface area contributed by atoms with E-state index in [1.54, 1.807) is 0 Å². The summed E-state index contributed by atoms with van der Waals surface area (Å²) in [7, 11) is 1.27. The molecule has 0 aromatic carbocycles. The highest BCUT2D eigenvalue weighted by Crippen LogP contribution is 2.33. The first-order valence-corrected chi connectivity index (χ1v) is 4.16. The summed E-state index contributed by atoms with van der Waals surface area (Å²) in [5.74, 6) is -0.613. The molecule has 0 aliphatic rings. The Balaban J connectivity index is 3.19. The number of rotatable bonds is 3. The smallest absolute Gasteiger partial charge is 0.494 e. The van der Waals surface area contributed by atoms with E-state index in [-0.39, 0.29) is 23.5 Å². The third kappa shape index (κ3) is 2.66. The van der Waals surface area contributed by atoms with E-state index >= 15 is 0 Å². The molecule has 8 heteroatoms. The van der Waals surface area contributed by atoms with Gasteiger partial charge in [0.05, 0.1) is 24.6 Å². The van der Waals surface area contributed by atoms with Crippen LogP contribution in [-0.2, 0) is 6.54 Å². The average Bonchev–Trinajstić information content (AvgIpc) is 2.18. The molecule has 1 heterocycles. The minimum atomic E-state index is -4.84. The highest BCUT2D eigenvalue weighted by molar-refractivity contribution is 5.58. The molecule has 0 radical (unpaired) electrons. The molecule has 0 aliphatic carbocycles. The number of pyridine rings is 1. The number of ether oxygens (including phenoxy) is 2. The molecule has 1 aromatic rings. The fraction of sp³-hybridized carbons (Fsp3) is 0.375. The van der Waals surface area contributed by atoms with E-state index in [9.17, 15) is 13.2 Å². The van der Waals surface area contributed by atoms with Gasteiger partial charge in [-0.25, -0.2) is 4.98 Å². The molecule has 0 fully saturated rings. The fourth-order valence-corrected chi connectivity index (χ4v) is 1.15. The molecule has 0 bridgehead atoms. The maximum Gasteiger partial charge on any atom is 0.574 e. The van der Waals surface area contributed by atoms with E-state index in [0.29, 0.717) is 0 Å². The average molecular weight is 237 g/mol. The normalized spacial score (nSPS) is 11.3. The zero-order chi connectivity index (χ0) is 12.3. The van der Waals surface area contributed by atoms with E-state index in [2.05, 4.69) is 9.72 Å². The van der Waals surface area contributed by atoms with Crippen LogP contribution in [0.5, 0.6) is 11.6 Å². The van der Waals surface area contributed by atoms with Crippen LogP contribution in [0, 0.1) is 0 Å². The number of nitrogens with two attached hydrogens (primary N) is 2. The van der Waals surface area contributed by atoms with Crippen molar-refractivity contribution in [2.75, 3.05) is 12.8 Å². The Morgan fingerprint density at radius 3 is 2.50 bits per heavy atom. The van der Waals surface area contributed by atoms with Crippen LogP contribution in [-0.4, -0.2) is 18.5 Å². The predicted octanol–water partition coefficient (Wildman–Crippen LogP) is 1.03. The van der Waals surface area contributed by atoms with Crippen molar-refractivity contribution in [1.29, 1.82) is 0 Å². The van der Waals surface area contributed by atoms with Gasteiger partial charge in [-0.2, -0.15) is 0 Å². The Kier molecular flexibility index (Phi) is 3.43. The van der Waals surface area contributed by atoms with Gasteiger partial charge in [-0.15, -0.1) is 13.2 Å². The summed E-state index contributed by atoms with van der Waals surface area (Å²) in [5.41, 5.74) is 10.8. The molecular weight excluding hydrogens is 227 g/mol. The van der Waals surface area contributed by atoms with Crippen LogP contribution in [0.2, 0.25) is 0 Å². The number of nitrogen functional groups attached to an aromatic ring is 1. The molecule has 0 aliphatic heterocycles. The minimum absolute atomic E-state index is 0.0279. The molecule has 0 saturated heterocycles. The first-order chi connectivity index (χ1) is 7.39. The fourth-order valence-electron chi connectivity index (χ4n) is 1.15. The Labute approximate surface area is 89.1 Å². The van der Waals surface area contributed by atoms with Gasteiger partial charge in [-0.1, -0.05) is 0 Å². The number of hydrogen-bond acceptors (Lipinski definition) is 5. The molecule has 16 heavy (non-hydrogen) atoms. The number of halogens is 3. The van der Waals surface area contributed by atoms with Crippen LogP contribution in [0.3, 0.4) is 0 Å². The van der Waals surface area contributed by atoms with E-state index in [0.717, 1.165) is 6.20 Å². The van der Waals surface area contributed by atoms with Crippen LogP contribution in [0.4, 0.5) is 18.9 Å². The number of nitrogens with zero attached hydrogens (tertiary/aromatic N) is 1. The quantitative estimate of drug-likeness (QED) is 0.820. The van der Waals surface area contributed by atoms with Gasteiger partial charge in [0, 0.05) is 6.54 Å². The number of alkyl halides is 3. The standard InChI is InChI=1S/C8H10F3N3O2/c1-15-6-4(2-12)7(14-3-5(6)13)16-8(9,10)11/h3H,2,12-13H2,1H3. The monoisotopic (exact) mass is 237 g/mol. The minimum Gasteiger partial charge on any atom is -0.494 e. The highest BCUT2D eigenvalue weighted by Gasteiger charge is 2.33. The number of hydrogen-bond donors (Lipinski definition) is 2. The lowest BCUT2D eigenvalue weighted by molar-refractivity contribution is -0.276. The lowest BCUT2D eigenvalue weighted by Gasteiger charge is -2.15. The summed E-state index contributed by atoms with van der Waals surface area (Å²) in [5, 5.41) is 0. The molecule has 5 nitrogen and oxygen atoms in total. The predicted molar refractivity (Wildman–Crippen MR) is 49.8 cm³/mol. The van der Waals surface area contributed by atoms with Crippen molar-refractivity contribution in [2.24, 2.45) is 5.73 Å². The van der Waals surface area contributed by atoms with Crippen LogP contribution in [0.25, 0.3) is 0 Å². The van der Waals surface area contributed by atoms with Gasteiger partial charge in [0.1, 0.15) is 0 Å². The van der Waals surface area contributed by atoms with Crippen molar-refractivity contribution in [2.45, 2.75) is 12.9 Å². The summed E-state index contributed by atoms with van der Waals surface area (Å²) in [6.45, 7) is -0.230.